The van der Waals surface area contributed by atoms with E-state index < -0.39 is 0 Å². The summed E-state index contributed by atoms with van der Waals surface area (Å²) in [5.74, 6) is -0.317. The normalized spacial score (nSPS) is 26.0. The number of aryl methyl sites for hydroxylation is 1. The van der Waals surface area contributed by atoms with E-state index >= 15 is 0 Å². The maximum Gasteiger partial charge on any atom is 0.217 e. The van der Waals surface area contributed by atoms with Gasteiger partial charge in [-0.2, -0.15) is 0 Å². The summed E-state index contributed by atoms with van der Waals surface area (Å²) >= 11 is 0. The lowest BCUT2D eigenvalue weighted by Gasteiger charge is -2.41. The Bertz CT molecular complexity index is 972. The van der Waals surface area contributed by atoms with Gasteiger partial charge in [-0.25, -0.2) is 4.39 Å². The number of nitrogens with one attached hydrogen (secondary N) is 2. The minimum absolute atomic E-state index is 0.0664. The minimum atomic E-state index is -0.251. The van der Waals surface area contributed by atoms with Crippen LogP contribution in [0.2, 0.25) is 0 Å². The highest BCUT2D eigenvalue weighted by Gasteiger charge is 2.42. The van der Waals surface area contributed by atoms with Crippen molar-refractivity contribution in [3.8, 4) is 0 Å². The molecule has 2 N–H and O–H groups in total. The van der Waals surface area contributed by atoms with Crippen LogP contribution in [0.4, 0.5) is 4.39 Å². The molecule has 3 aliphatic heterocycles. The molecule has 2 fully saturated rings. The summed E-state index contributed by atoms with van der Waals surface area (Å²) in [6.45, 7) is 6.82. The van der Waals surface area contributed by atoms with E-state index in [1.165, 1.54) is 49.9 Å². The topological polar surface area (TPSA) is 49.3 Å². The van der Waals surface area contributed by atoms with E-state index in [9.17, 15) is 9.18 Å². The Morgan fingerprint density at radius 2 is 2.00 bits per heavy atom. The minimum Gasteiger partial charge on any atom is -0.349 e. The predicted molar refractivity (Wildman–Crippen MR) is 124 cm³/mol. The first-order chi connectivity index (χ1) is 15.5. The lowest BCUT2D eigenvalue weighted by Crippen LogP contribution is -2.45. The quantitative estimate of drug-likeness (QED) is 0.716. The van der Waals surface area contributed by atoms with Gasteiger partial charge in [-0.1, -0.05) is 12.1 Å². The van der Waals surface area contributed by atoms with E-state index in [-0.39, 0.29) is 17.8 Å². The molecule has 3 aliphatic rings. The summed E-state index contributed by atoms with van der Waals surface area (Å²) in [5.41, 5.74) is 5.30. The number of carbonyl (C=O) groups excluding carboxylic acids is 1. The highest BCUT2D eigenvalue weighted by Crippen LogP contribution is 2.43. The van der Waals surface area contributed by atoms with Crippen LogP contribution in [0, 0.1) is 12.7 Å². The van der Waals surface area contributed by atoms with Gasteiger partial charge in [0.05, 0.1) is 6.04 Å². The monoisotopic (exact) mass is 438 g/mol. The number of fused-ring (bicyclic) bond motifs is 3. The van der Waals surface area contributed by atoms with Gasteiger partial charge in [0.1, 0.15) is 5.82 Å². The zero-order valence-electron chi connectivity index (χ0n) is 19.2. The van der Waals surface area contributed by atoms with Crippen molar-refractivity contribution in [1.82, 2.24) is 20.1 Å². The van der Waals surface area contributed by atoms with Crippen LogP contribution in [0.25, 0.3) is 0 Å². The number of benzene rings is 1. The van der Waals surface area contributed by atoms with E-state index in [0.29, 0.717) is 18.1 Å². The summed E-state index contributed by atoms with van der Waals surface area (Å²) in [4.78, 5) is 14.5. The molecule has 4 atom stereocenters. The van der Waals surface area contributed by atoms with Crippen molar-refractivity contribution < 1.29 is 9.18 Å². The molecule has 0 aliphatic carbocycles. The van der Waals surface area contributed by atoms with E-state index in [0.717, 1.165) is 38.0 Å². The Morgan fingerprint density at radius 1 is 1.22 bits per heavy atom. The van der Waals surface area contributed by atoms with Crippen molar-refractivity contribution >= 4 is 5.91 Å². The molecule has 32 heavy (non-hydrogen) atoms. The maximum atomic E-state index is 13.8. The zero-order valence-corrected chi connectivity index (χ0v) is 19.2. The second kappa shape index (κ2) is 8.99. The molecule has 5 rings (SSSR count). The second-order valence-electron chi connectivity index (χ2n) is 9.90. The van der Waals surface area contributed by atoms with E-state index in [1.807, 2.05) is 6.07 Å². The van der Waals surface area contributed by atoms with E-state index in [1.54, 1.807) is 17.8 Å². The third-order valence-corrected chi connectivity index (χ3v) is 7.81. The van der Waals surface area contributed by atoms with Gasteiger partial charge in [0, 0.05) is 62.5 Å². The third kappa shape index (κ3) is 4.23. The molecular weight excluding hydrogens is 403 g/mol. The van der Waals surface area contributed by atoms with Crippen LogP contribution >= 0.6 is 0 Å². The van der Waals surface area contributed by atoms with E-state index in [4.69, 9.17) is 0 Å². The molecule has 2 aromatic rings. The van der Waals surface area contributed by atoms with Gasteiger partial charge in [-0.15, -0.1) is 0 Å². The number of amides is 1. The lowest BCUT2D eigenvalue weighted by molar-refractivity contribution is -0.119. The van der Waals surface area contributed by atoms with Crippen LogP contribution in [0.15, 0.2) is 30.3 Å². The van der Waals surface area contributed by atoms with Crippen LogP contribution < -0.4 is 10.6 Å². The summed E-state index contributed by atoms with van der Waals surface area (Å²) in [5, 5.41) is 6.55. The van der Waals surface area contributed by atoms with Gasteiger partial charge in [0.15, 0.2) is 0 Å². The molecule has 2 bridgehead atoms. The molecule has 4 heterocycles. The Labute approximate surface area is 190 Å². The van der Waals surface area contributed by atoms with Gasteiger partial charge < -0.3 is 15.2 Å². The fraction of sp³-hybridized carbons (Fsp3) is 0.577. The molecule has 6 heteroatoms. The van der Waals surface area contributed by atoms with Crippen molar-refractivity contribution in [2.75, 3.05) is 13.1 Å². The van der Waals surface area contributed by atoms with Crippen molar-refractivity contribution in [1.29, 1.82) is 0 Å². The van der Waals surface area contributed by atoms with Crippen LogP contribution in [-0.4, -0.2) is 40.5 Å². The largest absolute Gasteiger partial charge is 0.349 e. The van der Waals surface area contributed by atoms with Crippen molar-refractivity contribution in [3.63, 3.8) is 0 Å². The van der Waals surface area contributed by atoms with Crippen LogP contribution in [0.5, 0.6) is 0 Å². The third-order valence-electron chi connectivity index (χ3n) is 7.81. The van der Waals surface area contributed by atoms with Gasteiger partial charge in [-0.05, 0) is 68.4 Å². The van der Waals surface area contributed by atoms with E-state index in [2.05, 4.69) is 33.1 Å². The molecule has 1 aromatic heterocycles. The van der Waals surface area contributed by atoms with Gasteiger partial charge in [-0.3, -0.25) is 9.69 Å². The number of nitrogens with zero attached hydrogens (tertiary/aromatic N) is 2. The predicted octanol–water partition coefficient (Wildman–Crippen LogP) is 4.02. The Morgan fingerprint density at radius 3 is 2.72 bits per heavy atom. The zero-order chi connectivity index (χ0) is 22.2. The molecule has 1 aromatic carbocycles. The summed E-state index contributed by atoms with van der Waals surface area (Å²) in [7, 11) is 0. The summed E-state index contributed by atoms with van der Waals surface area (Å²) in [6.07, 6.45) is 6.87. The Kier molecular flexibility index (Phi) is 6.08. The number of rotatable bonds is 6. The fourth-order valence-electron chi connectivity index (χ4n) is 6.54. The molecule has 1 amide bonds. The molecule has 0 spiro atoms. The first-order valence-corrected chi connectivity index (χ1v) is 12.2. The van der Waals surface area contributed by atoms with Crippen molar-refractivity contribution in [3.05, 3.63) is 58.7 Å². The number of carbonyl (C=O) groups is 1. The number of hydrogen-bond donors (Lipinski definition) is 2. The van der Waals surface area contributed by atoms with Gasteiger partial charge in [0.2, 0.25) is 5.91 Å². The molecule has 2 saturated heterocycles. The first-order valence-electron chi connectivity index (χ1n) is 12.2. The van der Waals surface area contributed by atoms with Crippen LogP contribution in [0.1, 0.15) is 73.6 Å². The SMILES string of the molecule is CC(=O)N[C@@H](CCN1[C@@H]2CC[C@H]1CC(n1c(C)cc3c1CCNC3)C2)c1cccc(F)c1. The first kappa shape index (κ1) is 21.7. The second-order valence-corrected chi connectivity index (χ2v) is 9.90. The Balaban J connectivity index is 1.28. The maximum absolute atomic E-state index is 13.8. The smallest absolute Gasteiger partial charge is 0.217 e. The highest BCUT2D eigenvalue weighted by molar-refractivity contribution is 5.73. The highest BCUT2D eigenvalue weighted by atomic mass is 19.1. The Hall–Kier alpha value is -2.18. The molecular formula is C26H35FN4O. The van der Waals surface area contributed by atoms with Crippen molar-refractivity contribution in [2.24, 2.45) is 0 Å². The molecule has 172 valence electrons. The van der Waals surface area contributed by atoms with Gasteiger partial charge >= 0.3 is 0 Å². The molecule has 5 nitrogen and oxygen atoms in total. The average Bonchev–Trinajstić information content (AvgIpc) is 3.22. The molecule has 1 unspecified atom stereocenters. The van der Waals surface area contributed by atoms with Crippen LogP contribution in [0.3, 0.4) is 0 Å². The summed E-state index contributed by atoms with van der Waals surface area (Å²) < 4.78 is 16.5. The molecule has 0 radical (unpaired) electrons. The number of halogens is 1. The average molecular weight is 439 g/mol. The number of hydrogen-bond acceptors (Lipinski definition) is 3. The van der Waals surface area contributed by atoms with Gasteiger partial charge in [0.25, 0.3) is 0 Å². The van der Waals surface area contributed by atoms with Crippen LogP contribution in [-0.2, 0) is 17.8 Å². The lowest BCUT2D eigenvalue weighted by atomic mass is 9.95. The molecule has 0 saturated carbocycles. The number of aromatic nitrogens is 1. The summed E-state index contributed by atoms with van der Waals surface area (Å²) in [6, 6.07) is 10.7. The standard InChI is InChI=1S/C26H35FN4O/c1-17-12-20-16-28-10-8-26(20)31(17)24-14-22-6-7-23(15-24)30(22)11-9-25(29-18(2)32)19-4-3-5-21(27)13-19/h3-5,12-13,22-25,28H,6-11,14-16H2,1-2H3,(H,29,32)/t22-,23+,24?,25-/m0/s1. The number of piperidine rings is 1. The van der Waals surface area contributed by atoms with Crippen molar-refractivity contribution in [2.45, 2.75) is 83.1 Å². The fourth-order valence-corrected chi connectivity index (χ4v) is 6.54.